The zero-order chi connectivity index (χ0) is 29.9. The molecule has 0 saturated heterocycles. The third-order valence-corrected chi connectivity index (χ3v) is 6.49. The molecule has 2 N–H and O–H groups in total. The van der Waals surface area contributed by atoms with E-state index in [4.69, 9.17) is 9.47 Å². The van der Waals surface area contributed by atoms with E-state index >= 15 is 0 Å². The molecule has 8 nitrogen and oxygen atoms in total. The van der Waals surface area contributed by atoms with Crippen LogP contribution in [0.2, 0.25) is 0 Å². The number of Topliss-reactive ketones (excluding diaryl/α,β-unsaturated/α-hetero) is 2. The van der Waals surface area contributed by atoms with Gasteiger partial charge in [0.05, 0.1) is 11.1 Å². The molecule has 0 bridgehead atoms. The SMILES string of the molecule is CC(=O)c1ccccc1NCCOC(=O)c1ccc(-c2ccc(C(=O)OCCNc3ccccc3C(C)=O)cc2)cc1. The van der Waals surface area contributed by atoms with Gasteiger partial charge in [-0.1, -0.05) is 48.5 Å². The van der Waals surface area contributed by atoms with E-state index in [1.807, 2.05) is 48.5 Å². The van der Waals surface area contributed by atoms with Crippen LogP contribution in [0, 0.1) is 0 Å². The van der Waals surface area contributed by atoms with Crippen LogP contribution in [0.5, 0.6) is 0 Å². The fourth-order valence-electron chi connectivity index (χ4n) is 4.31. The van der Waals surface area contributed by atoms with Crippen molar-refractivity contribution < 1.29 is 28.7 Å². The van der Waals surface area contributed by atoms with E-state index in [0.717, 1.165) is 11.1 Å². The first-order valence-corrected chi connectivity index (χ1v) is 13.6. The van der Waals surface area contributed by atoms with Crippen LogP contribution in [0.15, 0.2) is 97.1 Å². The number of carbonyl (C=O) groups is 4. The maximum absolute atomic E-state index is 12.5. The van der Waals surface area contributed by atoms with Crippen molar-refractivity contribution >= 4 is 34.9 Å². The Morgan fingerprint density at radius 3 is 1.24 bits per heavy atom. The number of carbonyl (C=O) groups excluding carboxylic acids is 4. The van der Waals surface area contributed by atoms with Crippen molar-refractivity contribution in [2.24, 2.45) is 0 Å². The van der Waals surface area contributed by atoms with Crippen LogP contribution in [0.3, 0.4) is 0 Å². The van der Waals surface area contributed by atoms with E-state index in [9.17, 15) is 19.2 Å². The summed E-state index contributed by atoms with van der Waals surface area (Å²) in [6.07, 6.45) is 0. The Bertz CT molecular complexity index is 1440. The molecule has 0 aliphatic carbocycles. The van der Waals surface area contributed by atoms with Crippen molar-refractivity contribution in [1.82, 2.24) is 0 Å². The summed E-state index contributed by atoms with van der Waals surface area (Å²) < 4.78 is 10.7. The minimum atomic E-state index is -0.444. The van der Waals surface area contributed by atoms with Gasteiger partial charge in [-0.15, -0.1) is 0 Å². The molecule has 0 fully saturated rings. The van der Waals surface area contributed by atoms with Crippen LogP contribution in [-0.4, -0.2) is 49.8 Å². The minimum absolute atomic E-state index is 0.0391. The van der Waals surface area contributed by atoms with Crippen molar-refractivity contribution in [3.8, 4) is 11.1 Å². The Balaban J connectivity index is 1.23. The third-order valence-electron chi connectivity index (χ3n) is 6.49. The molecule has 4 aromatic carbocycles. The number of hydrogen-bond donors (Lipinski definition) is 2. The van der Waals surface area contributed by atoms with E-state index in [1.165, 1.54) is 13.8 Å². The average molecular weight is 565 g/mol. The van der Waals surface area contributed by atoms with Gasteiger partial charge in [0.15, 0.2) is 11.6 Å². The lowest BCUT2D eigenvalue weighted by Crippen LogP contribution is -2.15. The van der Waals surface area contributed by atoms with Crippen LogP contribution in [0.1, 0.15) is 55.3 Å². The second kappa shape index (κ2) is 14.4. The Labute approximate surface area is 244 Å². The maximum atomic E-state index is 12.5. The second-order valence-electron chi connectivity index (χ2n) is 9.48. The predicted octanol–water partition coefficient (Wildman–Crippen LogP) is 6.30. The van der Waals surface area contributed by atoms with Gasteiger partial charge >= 0.3 is 11.9 Å². The van der Waals surface area contributed by atoms with Gasteiger partial charge in [0.25, 0.3) is 0 Å². The molecule has 0 radical (unpaired) electrons. The lowest BCUT2D eigenvalue weighted by atomic mass is 10.0. The summed E-state index contributed by atoms with van der Waals surface area (Å²) in [5.74, 6) is -0.966. The highest BCUT2D eigenvalue weighted by atomic mass is 16.5. The topological polar surface area (TPSA) is 111 Å². The van der Waals surface area contributed by atoms with E-state index in [0.29, 0.717) is 46.7 Å². The lowest BCUT2D eigenvalue weighted by Gasteiger charge is -2.11. The highest BCUT2D eigenvalue weighted by Gasteiger charge is 2.11. The quantitative estimate of drug-likeness (QED) is 0.111. The van der Waals surface area contributed by atoms with Gasteiger partial charge in [0.1, 0.15) is 13.2 Å². The molecule has 0 heterocycles. The molecular formula is C34H32N2O6. The van der Waals surface area contributed by atoms with Crippen molar-refractivity contribution in [3.63, 3.8) is 0 Å². The molecule has 0 aliphatic heterocycles. The average Bonchev–Trinajstić information content (AvgIpc) is 3.01. The number of ether oxygens (including phenoxy) is 2. The number of rotatable bonds is 13. The number of anilines is 2. The van der Waals surface area contributed by atoms with Crippen molar-refractivity contribution in [3.05, 3.63) is 119 Å². The maximum Gasteiger partial charge on any atom is 0.338 e. The first kappa shape index (κ1) is 29.7. The molecule has 4 rings (SSSR count). The number of esters is 2. The monoisotopic (exact) mass is 564 g/mol. The molecule has 0 saturated carbocycles. The molecule has 4 aromatic rings. The summed E-state index contributed by atoms with van der Waals surface area (Å²) in [4.78, 5) is 48.4. The van der Waals surface area contributed by atoms with Gasteiger partial charge in [-0.25, -0.2) is 9.59 Å². The van der Waals surface area contributed by atoms with E-state index in [2.05, 4.69) is 10.6 Å². The third kappa shape index (κ3) is 7.91. The number of para-hydroxylation sites is 2. The fourth-order valence-corrected chi connectivity index (χ4v) is 4.31. The number of nitrogens with one attached hydrogen (secondary N) is 2. The van der Waals surface area contributed by atoms with E-state index in [1.54, 1.807) is 48.5 Å². The molecule has 0 amide bonds. The molecule has 0 spiro atoms. The molecule has 8 heteroatoms. The summed E-state index contributed by atoms with van der Waals surface area (Å²) in [7, 11) is 0. The summed E-state index contributed by atoms with van der Waals surface area (Å²) in [5.41, 5.74) is 5.18. The smallest absolute Gasteiger partial charge is 0.338 e. The van der Waals surface area contributed by atoms with Crippen LogP contribution in [-0.2, 0) is 9.47 Å². The van der Waals surface area contributed by atoms with Gasteiger partial charge < -0.3 is 20.1 Å². The lowest BCUT2D eigenvalue weighted by molar-refractivity contribution is 0.0511. The normalized spacial score (nSPS) is 10.4. The fraction of sp³-hybridized carbons (Fsp3) is 0.176. The largest absolute Gasteiger partial charge is 0.460 e. The zero-order valence-corrected chi connectivity index (χ0v) is 23.5. The Morgan fingerprint density at radius 2 is 0.881 bits per heavy atom. The molecule has 0 atom stereocenters. The van der Waals surface area contributed by atoms with Crippen molar-refractivity contribution in [2.75, 3.05) is 36.9 Å². The summed E-state index contributed by atoms with van der Waals surface area (Å²) in [5, 5.41) is 6.25. The number of ketones is 2. The minimum Gasteiger partial charge on any atom is -0.460 e. The highest BCUT2D eigenvalue weighted by molar-refractivity contribution is 6.00. The molecule has 0 aliphatic rings. The van der Waals surface area contributed by atoms with Crippen LogP contribution < -0.4 is 10.6 Å². The molecule has 0 aromatic heterocycles. The Kier molecular flexibility index (Phi) is 10.2. The Morgan fingerprint density at radius 1 is 0.524 bits per heavy atom. The Hall–Kier alpha value is -5.24. The standard InChI is InChI=1S/C34H32N2O6/c1-23(37)29-7-3-5-9-31(29)35-19-21-41-33(39)27-15-11-25(12-16-27)26-13-17-28(18-14-26)34(40)42-22-20-36-32-10-6-4-8-30(32)24(2)38/h3-18,35-36H,19-22H2,1-2H3. The number of hydrogen-bond acceptors (Lipinski definition) is 8. The summed E-state index contributed by atoms with van der Waals surface area (Å²) >= 11 is 0. The van der Waals surface area contributed by atoms with Crippen LogP contribution in [0.25, 0.3) is 11.1 Å². The van der Waals surface area contributed by atoms with Gasteiger partial charge in [0, 0.05) is 35.6 Å². The van der Waals surface area contributed by atoms with Crippen LogP contribution >= 0.6 is 0 Å². The van der Waals surface area contributed by atoms with Gasteiger partial charge in [-0.2, -0.15) is 0 Å². The second-order valence-corrected chi connectivity index (χ2v) is 9.48. The number of benzene rings is 4. The van der Waals surface area contributed by atoms with Gasteiger partial charge in [0.2, 0.25) is 0 Å². The first-order valence-electron chi connectivity index (χ1n) is 13.6. The zero-order valence-electron chi connectivity index (χ0n) is 23.5. The predicted molar refractivity (Wildman–Crippen MR) is 162 cm³/mol. The molecule has 42 heavy (non-hydrogen) atoms. The molecule has 214 valence electrons. The molecular weight excluding hydrogens is 532 g/mol. The van der Waals surface area contributed by atoms with Crippen molar-refractivity contribution in [2.45, 2.75) is 13.8 Å². The first-order chi connectivity index (χ1) is 20.3. The van der Waals surface area contributed by atoms with Gasteiger partial charge in [-0.3, -0.25) is 9.59 Å². The van der Waals surface area contributed by atoms with Crippen LogP contribution in [0.4, 0.5) is 11.4 Å². The summed E-state index contributed by atoms with van der Waals surface area (Å²) in [6, 6.07) is 28.4. The summed E-state index contributed by atoms with van der Waals surface area (Å²) in [6.45, 7) is 4.04. The molecule has 0 unspecified atom stereocenters. The van der Waals surface area contributed by atoms with E-state index in [-0.39, 0.29) is 24.8 Å². The van der Waals surface area contributed by atoms with E-state index < -0.39 is 11.9 Å². The van der Waals surface area contributed by atoms with Gasteiger partial charge in [-0.05, 0) is 73.5 Å². The highest BCUT2D eigenvalue weighted by Crippen LogP contribution is 2.21. The van der Waals surface area contributed by atoms with Crippen molar-refractivity contribution in [1.29, 1.82) is 0 Å².